The molecule has 0 saturated carbocycles. The number of aryl methyl sites for hydroxylation is 1. The molecule has 1 rings (SSSR count). The molecule has 0 heterocycles. The number of benzene rings is 1. The Morgan fingerprint density at radius 3 is 2.16 bits per heavy atom. The van der Waals surface area contributed by atoms with Crippen molar-refractivity contribution in [2.75, 3.05) is 13.3 Å². The summed E-state index contributed by atoms with van der Waals surface area (Å²) in [7, 11) is -1.93. The molecule has 0 spiro atoms. The molecule has 0 fully saturated rings. The highest BCUT2D eigenvalue weighted by Gasteiger charge is 2.40. The van der Waals surface area contributed by atoms with Gasteiger partial charge in [0.1, 0.15) is 11.6 Å². The number of hydrogen-bond donors (Lipinski definition) is 1. The van der Waals surface area contributed by atoms with E-state index in [1.807, 2.05) is 0 Å². The Kier molecular flexibility index (Phi) is 4.37. The minimum absolute atomic E-state index is 0.0148. The number of halogens is 2. The van der Waals surface area contributed by atoms with E-state index in [1.165, 1.54) is 27.8 Å². The Morgan fingerprint density at radius 1 is 1.21 bits per heavy atom. The van der Waals surface area contributed by atoms with Gasteiger partial charge in [0.25, 0.3) is 0 Å². The fourth-order valence-electron chi connectivity index (χ4n) is 1.97. The summed E-state index contributed by atoms with van der Waals surface area (Å²) in [6, 6.07) is 1.30. The lowest BCUT2D eigenvalue weighted by molar-refractivity contribution is 0.427. The van der Waals surface area contributed by atoms with E-state index in [9.17, 15) is 17.2 Å². The van der Waals surface area contributed by atoms with E-state index in [4.69, 9.17) is 0 Å². The lowest BCUT2D eigenvalue weighted by Crippen LogP contribution is -2.44. The third kappa shape index (κ3) is 2.95. The van der Waals surface area contributed by atoms with Crippen molar-refractivity contribution in [1.82, 2.24) is 5.32 Å². The molecule has 1 atom stereocenters. The maximum atomic E-state index is 14.0. The number of hydrogen-bond acceptors (Lipinski definition) is 3. The van der Waals surface area contributed by atoms with E-state index in [0.717, 1.165) is 18.4 Å². The quantitative estimate of drug-likeness (QED) is 0.926. The lowest BCUT2D eigenvalue weighted by Gasteiger charge is -2.33. The van der Waals surface area contributed by atoms with Crippen molar-refractivity contribution >= 4 is 9.84 Å². The normalized spacial score (nSPS) is 14.5. The van der Waals surface area contributed by atoms with E-state index in [-0.39, 0.29) is 11.1 Å². The molecular formula is C13H19F2NO2S. The molecule has 1 aromatic carbocycles. The summed E-state index contributed by atoms with van der Waals surface area (Å²) in [5.74, 6) is -1.17. The fraction of sp³-hybridized carbons (Fsp3) is 0.538. The second kappa shape index (κ2) is 5.17. The Morgan fingerprint density at radius 2 is 1.74 bits per heavy atom. The lowest BCUT2D eigenvalue weighted by atomic mass is 9.94. The van der Waals surface area contributed by atoms with Gasteiger partial charge >= 0.3 is 0 Å². The summed E-state index contributed by atoms with van der Waals surface area (Å²) in [6.45, 7) is 4.43. The largest absolute Gasteiger partial charge is 0.312 e. The first-order chi connectivity index (χ1) is 8.52. The first-order valence-electron chi connectivity index (χ1n) is 5.84. The monoisotopic (exact) mass is 291 g/mol. The van der Waals surface area contributed by atoms with Crippen molar-refractivity contribution in [2.45, 2.75) is 31.6 Å². The van der Waals surface area contributed by atoms with Crippen LogP contribution in [0.3, 0.4) is 0 Å². The van der Waals surface area contributed by atoms with E-state index in [1.54, 1.807) is 0 Å². The van der Waals surface area contributed by atoms with Crippen molar-refractivity contribution in [2.24, 2.45) is 0 Å². The van der Waals surface area contributed by atoms with Gasteiger partial charge in [-0.1, -0.05) is 0 Å². The maximum absolute atomic E-state index is 14.0. The predicted molar refractivity (Wildman–Crippen MR) is 71.8 cm³/mol. The summed E-state index contributed by atoms with van der Waals surface area (Å²) in [5.41, 5.74) is 0.203. The van der Waals surface area contributed by atoms with Crippen LogP contribution in [0, 0.1) is 18.6 Å². The predicted octanol–water partition coefficient (Wildman–Crippen LogP) is 2.36. The molecule has 0 radical (unpaired) electrons. The highest BCUT2D eigenvalue weighted by atomic mass is 32.2. The van der Waals surface area contributed by atoms with Crippen LogP contribution < -0.4 is 5.32 Å². The molecular weight excluding hydrogens is 272 g/mol. The zero-order valence-corrected chi connectivity index (χ0v) is 12.5. The Balaban J connectivity index is 3.45. The van der Waals surface area contributed by atoms with Gasteiger partial charge in [0, 0.05) is 11.8 Å². The molecule has 1 unspecified atom stereocenters. The number of sulfone groups is 1. The zero-order valence-electron chi connectivity index (χ0n) is 11.7. The minimum Gasteiger partial charge on any atom is -0.312 e. The fourth-order valence-corrected chi connectivity index (χ4v) is 2.65. The summed E-state index contributed by atoms with van der Waals surface area (Å²) < 4.78 is 50.0. The van der Waals surface area contributed by atoms with Crippen LogP contribution >= 0.6 is 0 Å². The standard InChI is InChI=1S/C13H19F2NO2S/c1-8-6-11(15)9(7-10(8)14)12(16-4)13(2,3)19(5,17)18/h6-7,12,16H,1-5H3. The van der Waals surface area contributed by atoms with Crippen LogP contribution in [0.5, 0.6) is 0 Å². The van der Waals surface area contributed by atoms with Crippen molar-refractivity contribution < 1.29 is 17.2 Å². The van der Waals surface area contributed by atoms with Crippen molar-refractivity contribution in [3.05, 3.63) is 34.9 Å². The first-order valence-corrected chi connectivity index (χ1v) is 7.74. The average Bonchev–Trinajstić information content (AvgIpc) is 2.24. The molecule has 0 aliphatic rings. The van der Waals surface area contributed by atoms with Crippen LogP contribution in [-0.2, 0) is 9.84 Å². The van der Waals surface area contributed by atoms with Gasteiger partial charge in [-0.2, -0.15) is 0 Å². The van der Waals surface area contributed by atoms with E-state index in [2.05, 4.69) is 5.32 Å². The molecule has 0 bridgehead atoms. The number of nitrogens with one attached hydrogen (secondary N) is 1. The number of rotatable bonds is 4. The maximum Gasteiger partial charge on any atom is 0.154 e. The summed E-state index contributed by atoms with van der Waals surface area (Å²) in [4.78, 5) is 0. The molecule has 3 nitrogen and oxygen atoms in total. The molecule has 108 valence electrons. The molecule has 0 amide bonds. The summed E-state index contributed by atoms with van der Waals surface area (Å²) >= 11 is 0. The topological polar surface area (TPSA) is 46.2 Å². The van der Waals surface area contributed by atoms with Crippen LogP contribution in [-0.4, -0.2) is 26.5 Å². The zero-order chi connectivity index (χ0) is 15.0. The molecule has 0 aromatic heterocycles. The van der Waals surface area contributed by atoms with E-state index in [0.29, 0.717) is 0 Å². The van der Waals surface area contributed by atoms with Crippen LogP contribution in [0.15, 0.2) is 12.1 Å². The highest BCUT2D eigenvalue weighted by molar-refractivity contribution is 7.92. The Bertz CT molecular complexity index is 583. The molecule has 1 N–H and O–H groups in total. The second-order valence-corrected chi connectivity index (χ2v) is 7.82. The van der Waals surface area contributed by atoms with Gasteiger partial charge in [-0.25, -0.2) is 17.2 Å². The highest BCUT2D eigenvalue weighted by Crippen LogP contribution is 2.34. The van der Waals surface area contributed by atoms with Crippen LogP contribution in [0.2, 0.25) is 0 Å². The second-order valence-electron chi connectivity index (χ2n) is 5.22. The third-order valence-corrected chi connectivity index (χ3v) is 5.68. The van der Waals surface area contributed by atoms with Crippen LogP contribution in [0.25, 0.3) is 0 Å². The Labute approximate surface area is 112 Å². The van der Waals surface area contributed by atoms with Crippen molar-refractivity contribution in [1.29, 1.82) is 0 Å². The van der Waals surface area contributed by atoms with Gasteiger partial charge in [-0.05, 0) is 45.5 Å². The summed E-state index contributed by atoms with van der Waals surface area (Å²) in [6.07, 6.45) is 1.08. The molecule has 1 aromatic rings. The third-order valence-electron chi connectivity index (χ3n) is 3.53. The molecule has 0 saturated heterocycles. The Hall–Kier alpha value is -1.01. The smallest absolute Gasteiger partial charge is 0.154 e. The summed E-state index contributed by atoms with van der Waals surface area (Å²) in [5, 5.41) is 2.77. The van der Waals surface area contributed by atoms with Gasteiger partial charge in [-0.3, -0.25) is 0 Å². The van der Waals surface area contributed by atoms with Gasteiger partial charge in [0.15, 0.2) is 9.84 Å². The minimum atomic E-state index is -3.45. The van der Waals surface area contributed by atoms with Crippen molar-refractivity contribution in [3.8, 4) is 0 Å². The van der Waals surface area contributed by atoms with Crippen molar-refractivity contribution in [3.63, 3.8) is 0 Å². The van der Waals surface area contributed by atoms with Gasteiger partial charge in [-0.15, -0.1) is 0 Å². The SMILES string of the molecule is CNC(c1cc(F)c(C)cc1F)C(C)(C)S(C)(=O)=O. The van der Waals surface area contributed by atoms with E-state index < -0.39 is 32.3 Å². The van der Waals surface area contributed by atoms with E-state index >= 15 is 0 Å². The molecule has 0 aliphatic carbocycles. The molecule has 6 heteroatoms. The van der Waals surface area contributed by atoms with Crippen LogP contribution in [0.1, 0.15) is 31.0 Å². The molecule has 19 heavy (non-hydrogen) atoms. The van der Waals surface area contributed by atoms with Gasteiger partial charge < -0.3 is 5.32 Å². The van der Waals surface area contributed by atoms with Gasteiger partial charge in [0.05, 0.1) is 10.8 Å². The molecule has 0 aliphatic heterocycles. The first kappa shape index (κ1) is 16.0. The average molecular weight is 291 g/mol. The van der Waals surface area contributed by atoms with Crippen LogP contribution in [0.4, 0.5) is 8.78 Å². The van der Waals surface area contributed by atoms with Gasteiger partial charge in [0.2, 0.25) is 0 Å².